The molecule has 9 heteroatoms. The largest absolute Gasteiger partial charge is 0.490 e. The third-order valence-electron chi connectivity index (χ3n) is 4.55. The summed E-state index contributed by atoms with van der Waals surface area (Å²) < 4.78 is 24.3. The molecule has 0 unspecified atom stereocenters. The van der Waals surface area contributed by atoms with Crippen molar-refractivity contribution in [1.82, 2.24) is 0 Å². The number of carbonyl (C=O) groups excluding carboxylic acids is 2. The maximum atomic E-state index is 13.1. The second-order valence-corrected chi connectivity index (χ2v) is 7.49. The summed E-state index contributed by atoms with van der Waals surface area (Å²) >= 11 is 6.05. The van der Waals surface area contributed by atoms with Crippen molar-refractivity contribution in [3.63, 3.8) is 0 Å². The van der Waals surface area contributed by atoms with Crippen LogP contribution in [0, 0.1) is 17.1 Å². The minimum absolute atomic E-state index is 0.162. The number of nitriles is 1. The van der Waals surface area contributed by atoms with Crippen LogP contribution in [0.3, 0.4) is 0 Å². The van der Waals surface area contributed by atoms with Gasteiger partial charge in [0.05, 0.1) is 17.3 Å². The van der Waals surface area contributed by atoms with Crippen molar-refractivity contribution in [3.8, 4) is 17.6 Å². The van der Waals surface area contributed by atoms with E-state index < -0.39 is 17.6 Å². The highest BCUT2D eigenvalue weighted by Gasteiger charge is 2.13. The molecule has 2 N–H and O–H groups in total. The van der Waals surface area contributed by atoms with Gasteiger partial charge in [-0.15, -0.1) is 0 Å². The van der Waals surface area contributed by atoms with Crippen LogP contribution in [0.15, 0.2) is 72.3 Å². The summed E-state index contributed by atoms with van der Waals surface area (Å²) in [5, 5.41) is 15.1. The highest BCUT2D eigenvalue weighted by molar-refractivity contribution is 6.33. The van der Waals surface area contributed by atoms with Gasteiger partial charge in [-0.05, 0) is 67.1 Å². The molecule has 0 fully saturated rings. The molecule has 3 rings (SSSR count). The zero-order valence-electron chi connectivity index (χ0n) is 18.7. The fourth-order valence-electron chi connectivity index (χ4n) is 2.94. The molecular weight excluding hydrogens is 473 g/mol. The van der Waals surface area contributed by atoms with Crippen molar-refractivity contribution in [2.75, 3.05) is 23.8 Å². The molecule has 0 saturated carbocycles. The van der Waals surface area contributed by atoms with Crippen molar-refractivity contribution >= 4 is 40.9 Å². The Morgan fingerprint density at radius 3 is 2.46 bits per heavy atom. The Hall–Kier alpha value is -4.35. The van der Waals surface area contributed by atoms with Crippen LogP contribution in [-0.4, -0.2) is 25.0 Å². The van der Waals surface area contributed by atoms with Crippen LogP contribution in [0.25, 0.3) is 6.08 Å². The van der Waals surface area contributed by atoms with Gasteiger partial charge in [0, 0.05) is 5.69 Å². The van der Waals surface area contributed by atoms with Gasteiger partial charge in [0.25, 0.3) is 11.8 Å². The molecule has 35 heavy (non-hydrogen) atoms. The van der Waals surface area contributed by atoms with Gasteiger partial charge < -0.3 is 20.1 Å². The molecule has 0 aliphatic carbocycles. The predicted octanol–water partition coefficient (Wildman–Crippen LogP) is 5.44. The van der Waals surface area contributed by atoms with E-state index >= 15 is 0 Å². The minimum Gasteiger partial charge on any atom is -0.490 e. The Balaban J connectivity index is 1.71. The van der Waals surface area contributed by atoms with Gasteiger partial charge >= 0.3 is 0 Å². The maximum Gasteiger partial charge on any atom is 0.266 e. The zero-order valence-corrected chi connectivity index (χ0v) is 19.4. The molecule has 3 aromatic rings. The maximum absolute atomic E-state index is 13.1. The third kappa shape index (κ3) is 7.32. The monoisotopic (exact) mass is 493 g/mol. The summed E-state index contributed by atoms with van der Waals surface area (Å²) in [6.07, 6.45) is 1.38. The Morgan fingerprint density at radius 2 is 1.77 bits per heavy atom. The van der Waals surface area contributed by atoms with Crippen molar-refractivity contribution in [3.05, 3.63) is 88.7 Å². The normalized spacial score (nSPS) is 10.7. The molecule has 0 spiro atoms. The SMILES string of the molecule is CCOc1cc(/C=C(\C#N)C(=O)Nc2ccc(F)cc2)ccc1OCC(=O)Nc1ccccc1Cl. The molecule has 0 aliphatic heterocycles. The van der Waals surface area contributed by atoms with Gasteiger partial charge in [0.1, 0.15) is 17.5 Å². The number of amides is 2. The van der Waals surface area contributed by atoms with Crippen LogP contribution in [0.1, 0.15) is 12.5 Å². The van der Waals surface area contributed by atoms with E-state index in [0.29, 0.717) is 40.1 Å². The van der Waals surface area contributed by atoms with E-state index in [1.54, 1.807) is 49.4 Å². The Labute approximate surface area is 206 Å². The zero-order chi connectivity index (χ0) is 25.2. The number of hydrogen-bond acceptors (Lipinski definition) is 5. The van der Waals surface area contributed by atoms with Gasteiger partial charge in [-0.2, -0.15) is 5.26 Å². The number of halogens is 2. The van der Waals surface area contributed by atoms with Crippen molar-refractivity contribution in [2.45, 2.75) is 6.92 Å². The first kappa shape index (κ1) is 25.3. The summed E-state index contributed by atoms with van der Waals surface area (Å²) in [5.74, 6) is -0.843. The second-order valence-electron chi connectivity index (χ2n) is 7.09. The molecule has 0 heterocycles. The van der Waals surface area contributed by atoms with E-state index in [4.69, 9.17) is 21.1 Å². The lowest BCUT2D eigenvalue weighted by Crippen LogP contribution is -2.20. The van der Waals surface area contributed by atoms with Crippen LogP contribution in [-0.2, 0) is 9.59 Å². The first-order valence-electron chi connectivity index (χ1n) is 10.5. The second kappa shape index (κ2) is 12.2. The van der Waals surface area contributed by atoms with Crippen LogP contribution < -0.4 is 20.1 Å². The summed E-state index contributed by atoms with van der Waals surface area (Å²) in [7, 11) is 0. The quantitative estimate of drug-likeness (QED) is 0.305. The standard InChI is InChI=1S/C26H21ClFN3O4/c1-2-34-24-14-17(13-18(15-29)26(33)30-20-10-8-19(28)9-11-20)7-12-23(24)35-16-25(32)31-22-6-4-3-5-21(22)27/h3-14H,2,16H2,1H3,(H,30,33)(H,31,32)/b18-13+. The number of rotatable bonds is 9. The summed E-state index contributed by atoms with van der Waals surface area (Å²) in [5.41, 5.74) is 1.17. The molecule has 0 bridgehead atoms. The number of carbonyl (C=O) groups is 2. The van der Waals surface area contributed by atoms with E-state index in [-0.39, 0.29) is 12.2 Å². The molecule has 0 radical (unpaired) electrons. The first-order chi connectivity index (χ1) is 16.9. The topological polar surface area (TPSA) is 100 Å². The highest BCUT2D eigenvalue weighted by Crippen LogP contribution is 2.30. The van der Waals surface area contributed by atoms with Gasteiger partial charge in [0.15, 0.2) is 18.1 Å². The fourth-order valence-corrected chi connectivity index (χ4v) is 3.12. The summed E-state index contributed by atoms with van der Waals surface area (Å²) in [6, 6.07) is 18.7. The number of ether oxygens (including phenoxy) is 2. The average Bonchev–Trinajstić information content (AvgIpc) is 2.85. The lowest BCUT2D eigenvalue weighted by molar-refractivity contribution is -0.118. The number of hydrogen-bond donors (Lipinski definition) is 2. The van der Waals surface area contributed by atoms with E-state index in [1.807, 2.05) is 6.07 Å². The van der Waals surface area contributed by atoms with Crippen LogP contribution >= 0.6 is 11.6 Å². The Kier molecular flexibility index (Phi) is 8.82. The fraction of sp³-hybridized carbons (Fsp3) is 0.115. The molecule has 2 amide bonds. The molecule has 0 saturated heterocycles. The van der Waals surface area contributed by atoms with Gasteiger partial charge in [-0.25, -0.2) is 4.39 Å². The Morgan fingerprint density at radius 1 is 1.03 bits per heavy atom. The summed E-state index contributed by atoms with van der Waals surface area (Å²) in [4.78, 5) is 24.7. The number of nitrogens with zero attached hydrogens (tertiary/aromatic N) is 1. The highest BCUT2D eigenvalue weighted by atomic mass is 35.5. The van der Waals surface area contributed by atoms with Crippen molar-refractivity contribution < 1.29 is 23.5 Å². The molecule has 178 valence electrons. The number of nitrogens with one attached hydrogen (secondary N) is 2. The third-order valence-corrected chi connectivity index (χ3v) is 4.88. The lowest BCUT2D eigenvalue weighted by atomic mass is 10.1. The molecule has 3 aromatic carbocycles. The van der Waals surface area contributed by atoms with E-state index in [2.05, 4.69) is 10.6 Å². The summed E-state index contributed by atoms with van der Waals surface area (Å²) in [6.45, 7) is 1.82. The lowest BCUT2D eigenvalue weighted by Gasteiger charge is -2.13. The molecule has 0 atom stereocenters. The van der Waals surface area contributed by atoms with E-state index in [0.717, 1.165) is 0 Å². The van der Waals surface area contributed by atoms with Gasteiger partial charge in [-0.1, -0.05) is 29.8 Å². The smallest absolute Gasteiger partial charge is 0.266 e. The van der Waals surface area contributed by atoms with E-state index in [1.165, 1.54) is 30.3 Å². The van der Waals surface area contributed by atoms with Crippen LogP contribution in [0.4, 0.5) is 15.8 Å². The average molecular weight is 494 g/mol. The van der Waals surface area contributed by atoms with E-state index in [9.17, 15) is 19.2 Å². The number of benzene rings is 3. The van der Waals surface area contributed by atoms with Gasteiger partial charge in [0.2, 0.25) is 0 Å². The van der Waals surface area contributed by atoms with Gasteiger partial charge in [-0.3, -0.25) is 9.59 Å². The van der Waals surface area contributed by atoms with Crippen LogP contribution in [0.5, 0.6) is 11.5 Å². The molecule has 0 aliphatic rings. The number of para-hydroxylation sites is 1. The molecule has 7 nitrogen and oxygen atoms in total. The number of anilines is 2. The minimum atomic E-state index is -0.645. The molecular formula is C26H21ClFN3O4. The first-order valence-corrected chi connectivity index (χ1v) is 10.9. The molecule has 0 aromatic heterocycles. The van der Waals surface area contributed by atoms with Crippen molar-refractivity contribution in [1.29, 1.82) is 5.26 Å². The Bertz CT molecular complexity index is 1290. The van der Waals surface area contributed by atoms with Crippen LogP contribution in [0.2, 0.25) is 5.02 Å². The predicted molar refractivity (Wildman–Crippen MR) is 132 cm³/mol. The van der Waals surface area contributed by atoms with Crippen molar-refractivity contribution in [2.24, 2.45) is 0 Å².